The summed E-state index contributed by atoms with van der Waals surface area (Å²) in [5, 5.41) is 2.92. The van der Waals surface area contributed by atoms with Crippen molar-refractivity contribution in [2.45, 2.75) is 33.4 Å². The number of carbonyl (C=O) groups excluding carboxylic acids is 1. The summed E-state index contributed by atoms with van der Waals surface area (Å²) in [4.78, 5) is 16.5. The average Bonchev–Trinajstić information content (AvgIpc) is 3.06. The molecule has 2 aromatic carbocycles. The number of nitrogens with zero attached hydrogens (tertiary/aromatic N) is 2. The Hall–Kier alpha value is -3.08. The molecular formula is C21H23N3O2. The van der Waals surface area contributed by atoms with Crippen LogP contribution in [-0.2, 0) is 11.3 Å². The molecule has 0 aliphatic carbocycles. The predicted octanol–water partition coefficient (Wildman–Crippen LogP) is 3.57. The van der Waals surface area contributed by atoms with Crippen LogP contribution in [0.5, 0.6) is 5.75 Å². The molecule has 1 atom stereocenters. The number of benzene rings is 2. The zero-order chi connectivity index (χ0) is 18.5. The number of amides is 1. The van der Waals surface area contributed by atoms with Crippen molar-refractivity contribution in [2.75, 3.05) is 0 Å². The minimum Gasteiger partial charge on any atom is -0.481 e. The largest absolute Gasteiger partial charge is 0.481 e. The van der Waals surface area contributed by atoms with E-state index in [4.69, 9.17) is 4.74 Å². The van der Waals surface area contributed by atoms with E-state index >= 15 is 0 Å². The van der Waals surface area contributed by atoms with Crippen molar-refractivity contribution in [2.24, 2.45) is 0 Å². The summed E-state index contributed by atoms with van der Waals surface area (Å²) in [6.45, 7) is 6.17. The van der Waals surface area contributed by atoms with E-state index in [1.807, 2.05) is 73.1 Å². The first-order valence-corrected chi connectivity index (χ1v) is 8.63. The van der Waals surface area contributed by atoms with Gasteiger partial charge in [0, 0.05) is 24.6 Å². The van der Waals surface area contributed by atoms with Gasteiger partial charge in [-0.2, -0.15) is 0 Å². The van der Waals surface area contributed by atoms with E-state index in [-0.39, 0.29) is 5.91 Å². The van der Waals surface area contributed by atoms with Gasteiger partial charge in [0.2, 0.25) is 0 Å². The van der Waals surface area contributed by atoms with E-state index in [1.165, 1.54) is 0 Å². The van der Waals surface area contributed by atoms with Crippen LogP contribution in [0.1, 0.15) is 23.9 Å². The molecule has 0 fully saturated rings. The Kier molecular flexibility index (Phi) is 5.37. The van der Waals surface area contributed by atoms with Gasteiger partial charge in [-0.05, 0) is 56.2 Å². The van der Waals surface area contributed by atoms with Crippen LogP contribution >= 0.6 is 0 Å². The topological polar surface area (TPSA) is 56.1 Å². The fourth-order valence-corrected chi connectivity index (χ4v) is 2.70. The van der Waals surface area contributed by atoms with Crippen molar-refractivity contribution < 1.29 is 9.53 Å². The van der Waals surface area contributed by atoms with E-state index in [0.29, 0.717) is 12.3 Å². The fourth-order valence-electron chi connectivity index (χ4n) is 2.70. The van der Waals surface area contributed by atoms with Crippen molar-refractivity contribution in [3.63, 3.8) is 0 Å². The number of rotatable bonds is 6. The van der Waals surface area contributed by atoms with Gasteiger partial charge in [0.15, 0.2) is 6.10 Å². The van der Waals surface area contributed by atoms with Crippen molar-refractivity contribution >= 4 is 5.91 Å². The van der Waals surface area contributed by atoms with Gasteiger partial charge < -0.3 is 14.6 Å². The second-order valence-electron chi connectivity index (χ2n) is 6.31. The molecule has 0 radical (unpaired) electrons. The van der Waals surface area contributed by atoms with Crippen molar-refractivity contribution in [1.29, 1.82) is 0 Å². The lowest BCUT2D eigenvalue weighted by atomic mass is 10.2. The second kappa shape index (κ2) is 7.87. The van der Waals surface area contributed by atoms with E-state index in [0.717, 1.165) is 22.6 Å². The predicted molar refractivity (Wildman–Crippen MR) is 101 cm³/mol. The Morgan fingerprint density at radius 2 is 1.96 bits per heavy atom. The summed E-state index contributed by atoms with van der Waals surface area (Å²) in [6.07, 6.45) is 3.15. The molecule has 26 heavy (non-hydrogen) atoms. The molecule has 5 heteroatoms. The maximum Gasteiger partial charge on any atom is 0.261 e. The molecule has 0 saturated carbocycles. The third-order valence-corrected chi connectivity index (χ3v) is 4.18. The van der Waals surface area contributed by atoms with Gasteiger partial charge in [-0.3, -0.25) is 4.79 Å². The summed E-state index contributed by atoms with van der Waals surface area (Å²) in [7, 11) is 0. The molecule has 134 valence electrons. The molecule has 1 aromatic heterocycles. The van der Waals surface area contributed by atoms with Crippen LogP contribution in [0.4, 0.5) is 0 Å². The minimum atomic E-state index is -0.551. The van der Waals surface area contributed by atoms with E-state index in [1.54, 1.807) is 13.1 Å². The van der Waals surface area contributed by atoms with E-state index in [9.17, 15) is 4.79 Å². The average molecular weight is 349 g/mol. The molecule has 1 N–H and O–H groups in total. The highest BCUT2D eigenvalue weighted by Gasteiger charge is 2.14. The van der Waals surface area contributed by atoms with Crippen molar-refractivity contribution in [3.05, 3.63) is 77.9 Å². The van der Waals surface area contributed by atoms with Gasteiger partial charge in [-0.15, -0.1) is 0 Å². The second-order valence-corrected chi connectivity index (χ2v) is 6.31. The molecule has 0 aliphatic rings. The maximum absolute atomic E-state index is 12.3. The van der Waals surface area contributed by atoms with Gasteiger partial charge in [0.05, 0.1) is 0 Å². The van der Waals surface area contributed by atoms with Gasteiger partial charge >= 0.3 is 0 Å². The summed E-state index contributed by atoms with van der Waals surface area (Å²) in [5.74, 6) is 1.50. The number of hydrogen-bond donors (Lipinski definition) is 1. The smallest absolute Gasteiger partial charge is 0.261 e. The number of imidazole rings is 1. The molecule has 0 saturated heterocycles. The van der Waals surface area contributed by atoms with Crippen LogP contribution in [0.3, 0.4) is 0 Å². The third kappa shape index (κ3) is 4.30. The zero-order valence-corrected chi connectivity index (χ0v) is 15.3. The first-order chi connectivity index (χ1) is 12.5. The highest BCUT2D eigenvalue weighted by molar-refractivity contribution is 5.80. The Bertz CT molecular complexity index is 884. The highest BCUT2D eigenvalue weighted by atomic mass is 16.5. The summed E-state index contributed by atoms with van der Waals surface area (Å²) < 4.78 is 7.72. The molecule has 3 aromatic rings. The Labute approximate surface area is 153 Å². The quantitative estimate of drug-likeness (QED) is 0.740. The van der Waals surface area contributed by atoms with Crippen LogP contribution in [-0.4, -0.2) is 21.6 Å². The lowest BCUT2D eigenvalue weighted by molar-refractivity contribution is -0.127. The highest BCUT2D eigenvalue weighted by Crippen LogP contribution is 2.15. The lowest BCUT2D eigenvalue weighted by Gasteiger charge is -2.15. The van der Waals surface area contributed by atoms with Crippen LogP contribution < -0.4 is 10.1 Å². The fraction of sp³-hybridized carbons (Fsp3) is 0.238. The lowest BCUT2D eigenvalue weighted by Crippen LogP contribution is -2.35. The molecule has 5 nitrogen and oxygen atoms in total. The van der Waals surface area contributed by atoms with Gasteiger partial charge in [0.1, 0.15) is 11.6 Å². The molecule has 0 unspecified atom stereocenters. The maximum atomic E-state index is 12.3. The molecule has 0 bridgehead atoms. The first-order valence-electron chi connectivity index (χ1n) is 8.63. The summed E-state index contributed by atoms with van der Waals surface area (Å²) in [5.41, 5.74) is 3.18. The Balaban J connectivity index is 1.55. The monoisotopic (exact) mass is 349 g/mol. The van der Waals surface area contributed by atoms with E-state index < -0.39 is 6.10 Å². The van der Waals surface area contributed by atoms with E-state index in [2.05, 4.69) is 10.3 Å². The first kappa shape index (κ1) is 17.7. The summed E-state index contributed by atoms with van der Waals surface area (Å²) >= 11 is 0. The molecule has 0 aliphatic heterocycles. The number of aryl methyl sites for hydroxylation is 2. The number of hydrogen-bond acceptors (Lipinski definition) is 3. The number of nitrogens with one attached hydrogen (secondary N) is 1. The van der Waals surface area contributed by atoms with Crippen molar-refractivity contribution in [1.82, 2.24) is 14.9 Å². The number of aromatic nitrogens is 2. The van der Waals surface area contributed by atoms with Crippen LogP contribution in [0, 0.1) is 13.8 Å². The Morgan fingerprint density at radius 1 is 1.19 bits per heavy atom. The normalized spacial score (nSPS) is 11.8. The zero-order valence-electron chi connectivity index (χ0n) is 15.3. The SMILES string of the molecule is Cc1cccc(O[C@H](C)C(=O)NCc2ccc(-n3ccnc3C)cc2)c1. The Morgan fingerprint density at radius 3 is 2.62 bits per heavy atom. The molecule has 0 spiro atoms. The van der Waals surface area contributed by atoms with Crippen molar-refractivity contribution in [3.8, 4) is 11.4 Å². The molecular weight excluding hydrogens is 326 g/mol. The molecule has 3 rings (SSSR count). The van der Waals surface area contributed by atoms with Crippen LogP contribution in [0.25, 0.3) is 5.69 Å². The molecule has 1 amide bonds. The third-order valence-electron chi connectivity index (χ3n) is 4.18. The minimum absolute atomic E-state index is 0.138. The van der Waals surface area contributed by atoms with Gasteiger partial charge in [-0.1, -0.05) is 24.3 Å². The number of ether oxygens (including phenoxy) is 1. The summed E-state index contributed by atoms with van der Waals surface area (Å²) in [6, 6.07) is 15.7. The number of carbonyl (C=O) groups is 1. The van der Waals surface area contributed by atoms with Crippen LogP contribution in [0.2, 0.25) is 0 Å². The van der Waals surface area contributed by atoms with Gasteiger partial charge in [0.25, 0.3) is 5.91 Å². The van der Waals surface area contributed by atoms with Crippen LogP contribution in [0.15, 0.2) is 60.9 Å². The van der Waals surface area contributed by atoms with Gasteiger partial charge in [-0.25, -0.2) is 4.98 Å². The standard InChI is InChI=1S/C21H23N3O2/c1-15-5-4-6-20(13-15)26-16(2)21(25)23-14-18-7-9-19(10-8-18)24-12-11-22-17(24)3/h4-13,16H,14H2,1-3H3,(H,23,25)/t16-/m1/s1. The molecule has 1 heterocycles.